The lowest BCUT2D eigenvalue weighted by atomic mass is 9.55. The van der Waals surface area contributed by atoms with Gasteiger partial charge in [-0.1, -0.05) is 178 Å². The lowest BCUT2D eigenvalue weighted by Gasteiger charge is -2.49. The fraction of sp³-hybridized carbons (Fsp3) is 0.444. The standard InChI is InChI=1S/C81H88N6/c1-72(2,31-32-81(17)76(9,10)57-38-64-68(41-59(57)77(81,11)12)87-65-24-20-23-54(65)53-21-18-19-22-55(53)71(87)84-64)48-25-27-51-46(35-48)29-34-86-67-42-61-60(39-63(67)83-70(51)86)79(15)44-50(80(61,16)45-79)43-73(3,4)49-26-28-52-47(36-49)30-33-85-66-40-58-56(37-62(66)82-69(52)85)74(5,6)78(13,14)75(58,7)8/h18-19,21-22,25-30,33-42,50H,20,23-24,31-32,43-45H2,1-17H3. The zero-order chi connectivity index (χ0) is 60.7. The Hall–Kier alpha value is -7.05. The van der Waals surface area contributed by atoms with Crippen molar-refractivity contribution in [3.63, 3.8) is 0 Å². The first-order valence-corrected chi connectivity index (χ1v) is 33.1. The van der Waals surface area contributed by atoms with Crippen LogP contribution in [0.15, 0.2) is 122 Å². The van der Waals surface area contributed by atoms with Crippen LogP contribution in [0.2, 0.25) is 0 Å². The van der Waals surface area contributed by atoms with Crippen LogP contribution in [0, 0.1) is 16.7 Å². The van der Waals surface area contributed by atoms with E-state index in [-0.39, 0.29) is 54.1 Å². The minimum Gasteiger partial charge on any atom is -0.299 e. The molecule has 6 aromatic heterocycles. The van der Waals surface area contributed by atoms with Gasteiger partial charge in [-0.15, -0.1) is 0 Å². The van der Waals surface area contributed by atoms with Gasteiger partial charge < -0.3 is 0 Å². The Kier molecular flexibility index (Phi) is 10.2. The number of benzene rings is 6. The Labute approximate surface area is 514 Å². The molecule has 0 saturated heterocycles. The van der Waals surface area contributed by atoms with E-state index in [1.54, 1.807) is 5.56 Å². The van der Waals surface area contributed by atoms with Gasteiger partial charge in [0.15, 0.2) is 0 Å². The Morgan fingerprint density at radius 3 is 1.61 bits per heavy atom. The van der Waals surface area contributed by atoms with Crippen LogP contribution < -0.4 is 0 Å². The first-order valence-electron chi connectivity index (χ1n) is 33.1. The third-order valence-corrected chi connectivity index (χ3v) is 27.6. The van der Waals surface area contributed by atoms with E-state index in [9.17, 15) is 0 Å². The summed E-state index contributed by atoms with van der Waals surface area (Å²) in [7, 11) is 0. The quantitative estimate of drug-likeness (QED) is 0.160. The summed E-state index contributed by atoms with van der Waals surface area (Å²) in [6.45, 7) is 42.4. The molecule has 442 valence electrons. The molecular weight excluding hydrogens is 1060 g/mol. The van der Waals surface area contributed by atoms with E-state index in [0.717, 1.165) is 65.6 Å². The van der Waals surface area contributed by atoms with Crippen molar-refractivity contribution >= 4 is 82.4 Å². The van der Waals surface area contributed by atoms with Crippen molar-refractivity contribution in [2.75, 3.05) is 0 Å². The molecule has 0 spiro atoms. The molecule has 4 atom stereocenters. The van der Waals surface area contributed by atoms with Crippen molar-refractivity contribution < 1.29 is 0 Å². The SMILES string of the molecule is CC(C)(CCC1(C)C(C)(C)c2cc3nc4c5ccccc5c5c(n4c3cc2C1(C)C)CCC5)c1ccc2c(ccn3c4cc5c(cc4nc23)C2(C)CC(CC(C)(C)c3ccc4c(ccn6c7cc8c(cc7nc46)C(C)(C)C(C)(C)C8(C)C)c3)C5(C)C2)c1. The fourth-order valence-electron chi connectivity index (χ4n) is 20.3. The number of pyridine rings is 3. The zero-order valence-electron chi connectivity index (χ0n) is 55.0. The van der Waals surface area contributed by atoms with Gasteiger partial charge in [0.25, 0.3) is 0 Å². The fourth-order valence-corrected chi connectivity index (χ4v) is 20.3. The first kappa shape index (κ1) is 54.1. The van der Waals surface area contributed by atoms with E-state index in [1.807, 2.05) is 0 Å². The lowest BCUT2D eigenvalue weighted by Crippen LogP contribution is -2.45. The molecule has 6 heteroatoms. The molecule has 6 nitrogen and oxygen atoms in total. The van der Waals surface area contributed by atoms with Crippen LogP contribution in [-0.4, -0.2) is 28.2 Å². The second-order valence-corrected chi connectivity index (χ2v) is 33.6. The topological polar surface area (TPSA) is 51.9 Å². The first-order chi connectivity index (χ1) is 40.9. The molecule has 1 saturated carbocycles. The normalized spacial score (nSPS) is 24.8. The monoisotopic (exact) mass is 1140 g/mol. The largest absolute Gasteiger partial charge is 0.299 e. The van der Waals surface area contributed by atoms with Gasteiger partial charge in [0.2, 0.25) is 0 Å². The van der Waals surface area contributed by atoms with Gasteiger partial charge in [-0.3, -0.25) is 13.2 Å². The lowest BCUT2D eigenvalue weighted by molar-refractivity contribution is 0.0771. The maximum atomic E-state index is 5.52. The molecule has 6 heterocycles. The number of fused-ring (bicyclic) bond motifs is 25. The maximum absolute atomic E-state index is 5.52. The minimum atomic E-state index is -0.0564. The van der Waals surface area contributed by atoms with Crippen molar-refractivity contribution in [2.45, 2.75) is 212 Å². The summed E-state index contributed by atoms with van der Waals surface area (Å²) in [5.74, 6) is 0.556. The van der Waals surface area contributed by atoms with Gasteiger partial charge in [0, 0.05) is 34.2 Å². The van der Waals surface area contributed by atoms with Crippen molar-refractivity contribution in [3.8, 4) is 0 Å². The molecule has 87 heavy (non-hydrogen) atoms. The molecule has 6 aromatic carbocycles. The van der Waals surface area contributed by atoms with Crippen LogP contribution in [-0.2, 0) is 56.2 Å². The third kappa shape index (κ3) is 6.56. The van der Waals surface area contributed by atoms with Crippen LogP contribution in [0.1, 0.15) is 212 Å². The molecule has 0 aliphatic heterocycles. The molecule has 0 N–H and O–H groups in total. The Morgan fingerprint density at radius 1 is 0.483 bits per heavy atom. The smallest absolute Gasteiger partial charge is 0.146 e. The van der Waals surface area contributed by atoms with Gasteiger partial charge in [0.05, 0.1) is 33.1 Å². The number of nitrogens with zero attached hydrogens (tertiary/aromatic N) is 6. The van der Waals surface area contributed by atoms with E-state index in [1.165, 1.54) is 118 Å². The summed E-state index contributed by atoms with van der Waals surface area (Å²) >= 11 is 0. The van der Waals surface area contributed by atoms with Gasteiger partial charge in [-0.2, -0.15) is 0 Å². The highest BCUT2D eigenvalue weighted by Gasteiger charge is 2.61. The summed E-state index contributed by atoms with van der Waals surface area (Å²) in [4.78, 5) is 16.4. The Morgan fingerprint density at radius 2 is 0.989 bits per heavy atom. The maximum Gasteiger partial charge on any atom is 0.146 e. The number of hydrogen-bond acceptors (Lipinski definition) is 3. The van der Waals surface area contributed by atoms with Gasteiger partial charge in [-0.25, -0.2) is 15.0 Å². The van der Waals surface area contributed by atoms with Gasteiger partial charge >= 0.3 is 0 Å². The third-order valence-electron chi connectivity index (χ3n) is 27.6. The van der Waals surface area contributed by atoms with Crippen LogP contribution >= 0.6 is 0 Å². The summed E-state index contributed by atoms with van der Waals surface area (Å²) in [6, 6.07) is 43.2. The van der Waals surface area contributed by atoms with E-state index >= 15 is 0 Å². The molecule has 1 fully saturated rings. The second kappa shape index (κ2) is 16.4. The predicted molar refractivity (Wildman–Crippen MR) is 364 cm³/mol. The molecule has 5 aliphatic carbocycles. The highest BCUT2D eigenvalue weighted by Crippen LogP contribution is 2.68. The van der Waals surface area contributed by atoms with Crippen molar-refractivity contribution in [1.29, 1.82) is 0 Å². The average Bonchev–Trinajstić information content (AvgIpc) is 1.54. The van der Waals surface area contributed by atoms with Crippen molar-refractivity contribution in [1.82, 2.24) is 28.2 Å². The highest BCUT2D eigenvalue weighted by atomic mass is 15.0. The zero-order valence-corrected chi connectivity index (χ0v) is 55.0. The Bertz CT molecular complexity index is 5100. The van der Waals surface area contributed by atoms with Gasteiger partial charge in [-0.05, 0) is 226 Å². The molecular formula is C81H88N6. The summed E-state index contributed by atoms with van der Waals surface area (Å²) in [5.41, 5.74) is 25.3. The van der Waals surface area contributed by atoms with E-state index in [2.05, 4.69) is 252 Å². The summed E-state index contributed by atoms with van der Waals surface area (Å²) < 4.78 is 7.28. The number of aryl methyl sites for hydroxylation is 2. The minimum absolute atomic E-state index is 0.00836. The van der Waals surface area contributed by atoms with Crippen molar-refractivity contribution in [2.24, 2.45) is 16.7 Å². The molecule has 5 aliphatic rings. The van der Waals surface area contributed by atoms with E-state index < -0.39 is 0 Å². The number of imidazole rings is 3. The number of hydrogen-bond donors (Lipinski definition) is 0. The van der Waals surface area contributed by atoms with E-state index in [4.69, 9.17) is 15.0 Å². The molecule has 2 bridgehead atoms. The molecule has 4 unspecified atom stereocenters. The second-order valence-electron chi connectivity index (χ2n) is 33.6. The molecule has 12 aromatic rings. The van der Waals surface area contributed by atoms with Crippen LogP contribution in [0.25, 0.3) is 82.4 Å². The van der Waals surface area contributed by atoms with Gasteiger partial charge in [0.1, 0.15) is 16.9 Å². The van der Waals surface area contributed by atoms with Crippen LogP contribution in [0.4, 0.5) is 0 Å². The number of rotatable bonds is 7. The highest BCUT2D eigenvalue weighted by molar-refractivity contribution is 6.03. The Balaban J connectivity index is 0.645. The molecule has 17 rings (SSSR count). The predicted octanol–water partition coefficient (Wildman–Crippen LogP) is 20.3. The summed E-state index contributed by atoms with van der Waals surface area (Å²) in [6.07, 6.45) is 13.8. The van der Waals surface area contributed by atoms with Crippen molar-refractivity contribution in [3.05, 3.63) is 177 Å². The number of aromatic nitrogens is 6. The van der Waals surface area contributed by atoms with Crippen LogP contribution in [0.5, 0.6) is 0 Å². The molecule has 0 amide bonds. The van der Waals surface area contributed by atoms with Crippen LogP contribution in [0.3, 0.4) is 0 Å². The van der Waals surface area contributed by atoms with E-state index in [0.29, 0.717) is 5.92 Å². The molecule has 0 radical (unpaired) electrons. The summed E-state index contributed by atoms with van der Waals surface area (Å²) in [5, 5.41) is 7.66. The average molecular weight is 1150 g/mol.